The van der Waals surface area contributed by atoms with Crippen molar-refractivity contribution in [1.82, 2.24) is 5.16 Å². The van der Waals surface area contributed by atoms with Crippen LogP contribution in [0.5, 0.6) is 0 Å². The van der Waals surface area contributed by atoms with E-state index in [-0.39, 0.29) is 11.8 Å². The molecule has 3 aromatic rings. The smallest absolute Gasteiger partial charge is 0.261 e. The summed E-state index contributed by atoms with van der Waals surface area (Å²) in [6.45, 7) is 3.43. The highest BCUT2D eigenvalue weighted by atomic mass is 16.5. The molecule has 0 fully saturated rings. The van der Waals surface area contributed by atoms with E-state index in [0.717, 1.165) is 11.1 Å². The Morgan fingerprint density at radius 3 is 2.12 bits per heavy atom. The van der Waals surface area contributed by atoms with Gasteiger partial charge in [-0.2, -0.15) is 0 Å². The molecule has 0 aliphatic heterocycles. The summed E-state index contributed by atoms with van der Waals surface area (Å²) in [7, 11) is 0. The monoisotopic (exact) mass is 335 g/mol. The first-order valence-electron chi connectivity index (χ1n) is 7.73. The van der Waals surface area contributed by atoms with Crippen molar-refractivity contribution in [3.63, 3.8) is 0 Å². The van der Waals surface area contributed by atoms with E-state index < -0.39 is 0 Å². The van der Waals surface area contributed by atoms with Gasteiger partial charge in [-0.1, -0.05) is 35.0 Å². The van der Waals surface area contributed by atoms with Gasteiger partial charge in [-0.25, -0.2) is 0 Å². The predicted molar refractivity (Wildman–Crippen MR) is 95.4 cm³/mol. The Balaban J connectivity index is 1.77. The lowest BCUT2D eigenvalue weighted by Crippen LogP contribution is -2.12. The summed E-state index contributed by atoms with van der Waals surface area (Å²) in [4.78, 5) is 23.5. The Morgan fingerprint density at radius 1 is 0.920 bits per heavy atom. The number of nitrogens with zero attached hydrogens (tertiary/aromatic N) is 1. The third-order valence-electron chi connectivity index (χ3n) is 3.59. The highest BCUT2D eigenvalue weighted by Gasteiger charge is 2.18. The van der Waals surface area contributed by atoms with Crippen molar-refractivity contribution in [3.05, 3.63) is 65.9 Å². The Kier molecular flexibility index (Phi) is 4.61. The van der Waals surface area contributed by atoms with Crippen LogP contribution in [0.25, 0.3) is 11.3 Å². The highest BCUT2D eigenvalue weighted by molar-refractivity contribution is 6.07. The number of carbonyl (C=O) groups excluding carboxylic acids is 2. The average Bonchev–Trinajstić information content (AvgIpc) is 3.06. The summed E-state index contributed by atoms with van der Waals surface area (Å²) in [5, 5.41) is 9.21. The molecule has 126 valence electrons. The maximum atomic E-state index is 12.5. The largest absolute Gasteiger partial charge is 0.355 e. The normalized spacial score (nSPS) is 10.3. The first-order valence-corrected chi connectivity index (χ1v) is 7.73. The minimum Gasteiger partial charge on any atom is -0.355 e. The van der Waals surface area contributed by atoms with E-state index in [1.54, 1.807) is 24.3 Å². The lowest BCUT2D eigenvalue weighted by Gasteiger charge is -2.07. The van der Waals surface area contributed by atoms with Crippen molar-refractivity contribution in [2.45, 2.75) is 13.8 Å². The highest BCUT2D eigenvalue weighted by Crippen LogP contribution is 2.25. The quantitative estimate of drug-likeness (QED) is 0.758. The molecule has 3 rings (SSSR count). The van der Waals surface area contributed by atoms with E-state index >= 15 is 0 Å². The maximum Gasteiger partial charge on any atom is 0.261 e. The Labute approximate surface area is 144 Å². The zero-order chi connectivity index (χ0) is 17.8. The minimum absolute atomic E-state index is 0.149. The maximum absolute atomic E-state index is 12.5. The Bertz CT molecular complexity index is 896. The average molecular weight is 335 g/mol. The van der Waals surface area contributed by atoms with E-state index in [4.69, 9.17) is 4.52 Å². The topological polar surface area (TPSA) is 84.2 Å². The van der Waals surface area contributed by atoms with Gasteiger partial charge in [0.25, 0.3) is 5.91 Å². The van der Waals surface area contributed by atoms with Crippen molar-refractivity contribution in [2.75, 3.05) is 10.6 Å². The second-order valence-corrected chi connectivity index (χ2v) is 5.65. The number of benzene rings is 2. The Hall–Kier alpha value is -3.41. The van der Waals surface area contributed by atoms with Gasteiger partial charge in [0.1, 0.15) is 5.56 Å². The van der Waals surface area contributed by atoms with Gasteiger partial charge in [0.05, 0.1) is 6.20 Å². The molecule has 0 radical (unpaired) electrons. The van der Waals surface area contributed by atoms with E-state index in [1.807, 2.05) is 31.2 Å². The van der Waals surface area contributed by atoms with Crippen LogP contribution in [-0.2, 0) is 4.79 Å². The minimum atomic E-state index is -0.316. The van der Waals surface area contributed by atoms with E-state index in [0.29, 0.717) is 22.7 Å². The number of hydrogen-bond acceptors (Lipinski definition) is 4. The van der Waals surface area contributed by atoms with Gasteiger partial charge in [-0.3, -0.25) is 9.59 Å². The third kappa shape index (κ3) is 3.92. The molecule has 0 atom stereocenters. The summed E-state index contributed by atoms with van der Waals surface area (Å²) < 4.78 is 5.25. The van der Waals surface area contributed by atoms with Crippen LogP contribution >= 0.6 is 0 Å². The van der Waals surface area contributed by atoms with Gasteiger partial charge in [0.15, 0.2) is 5.76 Å². The van der Waals surface area contributed by atoms with E-state index in [2.05, 4.69) is 15.8 Å². The number of aryl methyl sites for hydroxylation is 1. The van der Waals surface area contributed by atoms with Crippen LogP contribution in [-0.4, -0.2) is 17.0 Å². The second kappa shape index (κ2) is 7.00. The molecule has 1 heterocycles. The number of anilines is 2. The van der Waals surface area contributed by atoms with Crippen molar-refractivity contribution >= 4 is 23.2 Å². The van der Waals surface area contributed by atoms with Crippen LogP contribution in [0.3, 0.4) is 0 Å². The van der Waals surface area contributed by atoms with Gasteiger partial charge in [-0.15, -0.1) is 0 Å². The van der Waals surface area contributed by atoms with Crippen LogP contribution in [0.15, 0.2) is 59.3 Å². The molecular formula is C19H17N3O3. The molecule has 0 aliphatic rings. The zero-order valence-corrected chi connectivity index (χ0v) is 13.9. The summed E-state index contributed by atoms with van der Waals surface area (Å²) in [6.07, 6.45) is 1.40. The molecule has 2 amide bonds. The van der Waals surface area contributed by atoms with Gasteiger partial charge in [0, 0.05) is 23.9 Å². The van der Waals surface area contributed by atoms with Gasteiger partial charge in [-0.05, 0) is 31.2 Å². The molecule has 0 unspecified atom stereocenters. The van der Waals surface area contributed by atoms with Crippen LogP contribution in [0.2, 0.25) is 0 Å². The molecule has 2 N–H and O–H groups in total. The number of nitrogens with one attached hydrogen (secondary N) is 2. The fourth-order valence-corrected chi connectivity index (χ4v) is 2.35. The molecule has 0 aliphatic carbocycles. The number of amides is 2. The molecule has 0 bridgehead atoms. The van der Waals surface area contributed by atoms with Gasteiger partial charge >= 0.3 is 0 Å². The van der Waals surface area contributed by atoms with E-state index in [9.17, 15) is 9.59 Å². The van der Waals surface area contributed by atoms with Crippen molar-refractivity contribution in [2.24, 2.45) is 0 Å². The molecule has 2 aromatic carbocycles. The van der Waals surface area contributed by atoms with Crippen molar-refractivity contribution in [1.29, 1.82) is 0 Å². The predicted octanol–water partition coefficient (Wildman–Crippen LogP) is 3.86. The van der Waals surface area contributed by atoms with Crippen LogP contribution in [0.4, 0.5) is 11.4 Å². The lowest BCUT2D eigenvalue weighted by atomic mass is 10.1. The summed E-state index contributed by atoms with van der Waals surface area (Å²) in [5.41, 5.74) is 3.53. The molecule has 0 saturated carbocycles. The van der Waals surface area contributed by atoms with Crippen LogP contribution in [0, 0.1) is 6.92 Å². The van der Waals surface area contributed by atoms with Crippen LogP contribution < -0.4 is 10.6 Å². The summed E-state index contributed by atoms with van der Waals surface area (Å²) in [6, 6.07) is 14.5. The van der Waals surface area contributed by atoms with E-state index in [1.165, 1.54) is 13.1 Å². The SMILES string of the molecule is CC(=O)Nc1ccc(NC(=O)c2cnoc2-c2ccc(C)cc2)cc1. The lowest BCUT2D eigenvalue weighted by molar-refractivity contribution is -0.114. The number of hydrogen-bond donors (Lipinski definition) is 2. The summed E-state index contributed by atoms with van der Waals surface area (Å²) >= 11 is 0. The molecule has 6 nitrogen and oxygen atoms in total. The standard InChI is InChI=1S/C19H17N3O3/c1-12-3-5-14(6-4-12)18-17(11-20-25-18)19(24)22-16-9-7-15(8-10-16)21-13(2)23/h3-11H,1-2H3,(H,21,23)(H,22,24). The summed E-state index contributed by atoms with van der Waals surface area (Å²) in [5.74, 6) is -0.0412. The van der Waals surface area contributed by atoms with Gasteiger partial charge in [0.2, 0.25) is 5.91 Å². The number of aromatic nitrogens is 1. The molecule has 1 aromatic heterocycles. The number of carbonyl (C=O) groups is 2. The second-order valence-electron chi connectivity index (χ2n) is 5.65. The molecule has 25 heavy (non-hydrogen) atoms. The van der Waals surface area contributed by atoms with Crippen LogP contribution in [0.1, 0.15) is 22.8 Å². The molecular weight excluding hydrogens is 318 g/mol. The Morgan fingerprint density at radius 2 is 1.52 bits per heavy atom. The fourth-order valence-electron chi connectivity index (χ4n) is 2.35. The van der Waals surface area contributed by atoms with Gasteiger partial charge < -0.3 is 15.2 Å². The molecule has 0 spiro atoms. The molecule has 6 heteroatoms. The first kappa shape index (κ1) is 16.4. The van der Waals surface area contributed by atoms with Crippen molar-refractivity contribution < 1.29 is 14.1 Å². The molecule has 0 saturated heterocycles. The first-order chi connectivity index (χ1) is 12.0. The fraction of sp³-hybridized carbons (Fsp3) is 0.105. The third-order valence-corrected chi connectivity index (χ3v) is 3.59. The zero-order valence-electron chi connectivity index (χ0n) is 13.9. The van der Waals surface area contributed by atoms with Crippen molar-refractivity contribution in [3.8, 4) is 11.3 Å². The number of rotatable bonds is 4.